The maximum atomic E-state index is 10.9. The van der Waals surface area contributed by atoms with Gasteiger partial charge >= 0.3 is 11.9 Å². The molecule has 10 heteroatoms. The van der Waals surface area contributed by atoms with E-state index in [0.717, 1.165) is 11.1 Å². The van der Waals surface area contributed by atoms with Gasteiger partial charge in [0.15, 0.2) is 11.5 Å². The first kappa shape index (κ1) is 36.7. The van der Waals surface area contributed by atoms with Crippen LogP contribution < -0.4 is 18.9 Å². The molecule has 228 valence electrons. The first-order valence-corrected chi connectivity index (χ1v) is 13.1. The van der Waals surface area contributed by atoms with E-state index < -0.39 is 17.4 Å². The summed E-state index contributed by atoms with van der Waals surface area (Å²) >= 11 is 0. The fourth-order valence-corrected chi connectivity index (χ4v) is 3.36. The standard InChI is InChI=1S/C23H32O6.2C4H6O2/c1-7-26-19-17(23(5,6)15-11-13-16(24)14-12-15)20(27-8-2)22(29-10-4)18(25)21(19)28-9-3;2*1-3(2)4(5)6/h11-14,24-25H,7-10H2,1-6H3;2*1H2,2H3,(H,5,6). The predicted octanol–water partition coefficient (Wildman–Crippen LogP) is 6.31. The van der Waals surface area contributed by atoms with Gasteiger partial charge < -0.3 is 39.4 Å². The van der Waals surface area contributed by atoms with E-state index in [1.807, 2.05) is 53.7 Å². The van der Waals surface area contributed by atoms with Crippen molar-refractivity contribution in [2.75, 3.05) is 26.4 Å². The molecule has 0 heterocycles. The van der Waals surface area contributed by atoms with Gasteiger partial charge in [-0.3, -0.25) is 0 Å². The average molecular weight is 577 g/mol. The van der Waals surface area contributed by atoms with Crippen molar-refractivity contribution < 1.29 is 49.0 Å². The van der Waals surface area contributed by atoms with Crippen molar-refractivity contribution in [3.63, 3.8) is 0 Å². The third-order valence-corrected chi connectivity index (χ3v) is 5.40. The first-order chi connectivity index (χ1) is 19.1. The van der Waals surface area contributed by atoms with Crippen molar-refractivity contribution >= 4 is 11.9 Å². The van der Waals surface area contributed by atoms with Crippen LogP contribution in [0, 0.1) is 0 Å². The van der Waals surface area contributed by atoms with Gasteiger partial charge in [-0.2, -0.15) is 0 Å². The van der Waals surface area contributed by atoms with Crippen LogP contribution in [0.15, 0.2) is 48.6 Å². The lowest BCUT2D eigenvalue weighted by Crippen LogP contribution is -2.23. The van der Waals surface area contributed by atoms with Crippen molar-refractivity contribution in [3.05, 3.63) is 59.7 Å². The number of hydrogen-bond acceptors (Lipinski definition) is 8. The summed E-state index contributed by atoms with van der Waals surface area (Å²) in [4.78, 5) is 19.2. The van der Waals surface area contributed by atoms with E-state index in [1.165, 1.54) is 13.8 Å². The summed E-state index contributed by atoms with van der Waals surface area (Å²) in [5.41, 5.74) is 1.41. The molecular formula is C31H44O10. The van der Waals surface area contributed by atoms with Crippen LogP contribution in [-0.4, -0.2) is 58.8 Å². The number of phenolic OH excluding ortho intramolecular Hbond substituents is 2. The van der Waals surface area contributed by atoms with E-state index in [4.69, 9.17) is 29.2 Å². The van der Waals surface area contributed by atoms with Gasteiger partial charge in [-0.25, -0.2) is 9.59 Å². The summed E-state index contributed by atoms with van der Waals surface area (Å²) in [5, 5.41) is 36.4. The lowest BCUT2D eigenvalue weighted by Gasteiger charge is -2.32. The number of phenols is 2. The van der Waals surface area contributed by atoms with E-state index in [1.54, 1.807) is 12.1 Å². The summed E-state index contributed by atoms with van der Waals surface area (Å²) in [6.45, 7) is 22.2. The zero-order chi connectivity index (χ0) is 31.9. The van der Waals surface area contributed by atoms with Gasteiger partial charge in [0.05, 0.1) is 32.0 Å². The molecule has 0 unspecified atom stereocenters. The fourth-order valence-electron chi connectivity index (χ4n) is 3.36. The Bertz CT molecular complexity index is 1100. The highest BCUT2D eigenvalue weighted by atomic mass is 16.5. The molecule has 2 aromatic rings. The molecule has 0 bridgehead atoms. The number of aromatic hydroxyl groups is 2. The van der Waals surface area contributed by atoms with Crippen LogP contribution in [-0.2, 0) is 15.0 Å². The molecule has 2 rings (SSSR count). The molecule has 0 aliphatic heterocycles. The Morgan fingerprint density at radius 1 is 0.683 bits per heavy atom. The smallest absolute Gasteiger partial charge is 0.330 e. The Morgan fingerprint density at radius 2 is 0.976 bits per heavy atom. The summed E-state index contributed by atoms with van der Waals surface area (Å²) < 4.78 is 23.5. The lowest BCUT2D eigenvalue weighted by atomic mass is 9.76. The van der Waals surface area contributed by atoms with Gasteiger partial charge in [0.2, 0.25) is 17.2 Å². The lowest BCUT2D eigenvalue weighted by molar-refractivity contribution is -0.133. The Kier molecular flexibility index (Phi) is 15.5. The van der Waals surface area contributed by atoms with Gasteiger partial charge in [0.25, 0.3) is 0 Å². The van der Waals surface area contributed by atoms with Crippen molar-refractivity contribution in [1.29, 1.82) is 0 Å². The van der Waals surface area contributed by atoms with E-state index in [2.05, 4.69) is 13.2 Å². The number of benzene rings is 2. The average Bonchev–Trinajstić information content (AvgIpc) is 2.89. The zero-order valence-electron chi connectivity index (χ0n) is 25.3. The van der Waals surface area contributed by atoms with Crippen LogP contribution in [0.2, 0.25) is 0 Å². The minimum absolute atomic E-state index is 0.133. The summed E-state index contributed by atoms with van der Waals surface area (Å²) in [5.74, 6) is -0.481. The van der Waals surface area contributed by atoms with Crippen LogP contribution >= 0.6 is 0 Å². The Balaban J connectivity index is 0.00000111. The highest BCUT2D eigenvalue weighted by molar-refractivity contribution is 5.85. The SMILES string of the molecule is C=C(C)C(=O)O.C=C(C)C(=O)O.CCOc1c(O)c(OCC)c(OCC)c(C(C)(C)c2ccc(O)cc2)c1OCC. The molecule has 0 aliphatic carbocycles. The molecule has 10 nitrogen and oxygen atoms in total. The second-order valence-electron chi connectivity index (χ2n) is 9.11. The monoisotopic (exact) mass is 576 g/mol. The molecule has 2 aromatic carbocycles. The molecule has 0 amide bonds. The minimum Gasteiger partial charge on any atom is -0.508 e. The summed E-state index contributed by atoms with van der Waals surface area (Å²) in [6.07, 6.45) is 0. The van der Waals surface area contributed by atoms with Gasteiger partial charge in [0, 0.05) is 16.6 Å². The van der Waals surface area contributed by atoms with Gasteiger partial charge in [0.1, 0.15) is 5.75 Å². The quantitative estimate of drug-likeness (QED) is 0.211. The highest BCUT2D eigenvalue weighted by Gasteiger charge is 2.38. The fraction of sp³-hybridized carbons (Fsp3) is 0.419. The topological polar surface area (TPSA) is 152 Å². The third kappa shape index (κ3) is 10.6. The van der Waals surface area contributed by atoms with E-state index in [9.17, 15) is 19.8 Å². The van der Waals surface area contributed by atoms with Crippen molar-refractivity contribution in [1.82, 2.24) is 0 Å². The molecule has 4 N–H and O–H groups in total. The number of rotatable bonds is 12. The predicted molar refractivity (Wildman–Crippen MR) is 158 cm³/mol. The zero-order valence-corrected chi connectivity index (χ0v) is 25.3. The molecule has 0 saturated carbocycles. The molecular weight excluding hydrogens is 532 g/mol. The van der Waals surface area contributed by atoms with E-state index in [0.29, 0.717) is 37.9 Å². The van der Waals surface area contributed by atoms with Crippen LogP contribution in [0.4, 0.5) is 0 Å². The molecule has 0 atom stereocenters. The Hall–Kier alpha value is -4.34. The van der Waals surface area contributed by atoms with Crippen molar-refractivity contribution in [2.45, 2.75) is 60.8 Å². The number of carboxylic acid groups (broad SMARTS) is 2. The van der Waals surface area contributed by atoms with Gasteiger partial charge in [-0.15, -0.1) is 0 Å². The molecule has 0 radical (unpaired) electrons. The molecule has 0 spiro atoms. The molecule has 0 saturated heterocycles. The van der Waals surface area contributed by atoms with Crippen LogP contribution in [0.1, 0.15) is 66.5 Å². The molecule has 0 aromatic heterocycles. The number of ether oxygens (including phenoxy) is 4. The Morgan fingerprint density at radius 3 is 1.24 bits per heavy atom. The first-order valence-electron chi connectivity index (χ1n) is 13.1. The Labute approximate surface area is 242 Å². The summed E-state index contributed by atoms with van der Waals surface area (Å²) in [7, 11) is 0. The number of aliphatic carboxylic acids is 2. The van der Waals surface area contributed by atoms with Crippen LogP contribution in [0.25, 0.3) is 0 Å². The third-order valence-electron chi connectivity index (χ3n) is 5.40. The maximum absolute atomic E-state index is 10.9. The van der Waals surface area contributed by atoms with Gasteiger partial charge in [-0.05, 0) is 59.2 Å². The normalized spacial score (nSPS) is 10.1. The van der Waals surface area contributed by atoms with Crippen molar-refractivity contribution in [3.8, 4) is 34.5 Å². The number of carbonyl (C=O) groups is 2. The molecule has 0 fully saturated rings. The van der Waals surface area contributed by atoms with E-state index in [-0.39, 0.29) is 34.1 Å². The van der Waals surface area contributed by atoms with Crippen molar-refractivity contribution in [2.24, 2.45) is 0 Å². The van der Waals surface area contributed by atoms with E-state index >= 15 is 0 Å². The largest absolute Gasteiger partial charge is 0.508 e. The second kappa shape index (κ2) is 17.4. The maximum Gasteiger partial charge on any atom is 0.330 e. The molecule has 0 aliphatic rings. The number of carboxylic acids is 2. The molecule has 41 heavy (non-hydrogen) atoms. The van der Waals surface area contributed by atoms with Crippen LogP contribution in [0.3, 0.4) is 0 Å². The highest BCUT2D eigenvalue weighted by Crippen LogP contribution is 2.57. The second-order valence-corrected chi connectivity index (χ2v) is 9.11. The van der Waals surface area contributed by atoms with Gasteiger partial charge in [-0.1, -0.05) is 39.1 Å². The van der Waals surface area contributed by atoms with Crippen LogP contribution in [0.5, 0.6) is 34.5 Å². The number of hydrogen-bond donors (Lipinski definition) is 4. The minimum atomic E-state index is -0.935. The summed E-state index contributed by atoms with van der Waals surface area (Å²) in [6, 6.07) is 7.00.